The lowest BCUT2D eigenvalue weighted by atomic mass is 9.89. The van der Waals surface area contributed by atoms with E-state index in [-0.39, 0.29) is 17.7 Å². The number of alkyl halides is 3. The van der Waals surface area contributed by atoms with Gasteiger partial charge in [0, 0.05) is 12.1 Å². The number of hydrogen-bond donors (Lipinski definition) is 0. The number of hydrogen-bond acceptors (Lipinski definition) is 3. The first-order valence-electron chi connectivity index (χ1n) is 7.97. The van der Waals surface area contributed by atoms with Crippen LogP contribution in [0.2, 0.25) is 0 Å². The molecule has 2 aromatic carbocycles. The Labute approximate surface area is 148 Å². The van der Waals surface area contributed by atoms with Crippen LogP contribution in [0.4, 0.5) is 13.2 Å². The Morgan fingerprint density at radius 1 is 1.08 bits per heavy atom. The van der Waals surface area contributed by atoms with Crippen LogP contribution in [0.15, 0.2) is 48.5 Å². The SMILES string of the molecule is COc1ccc(C(=O)N2CCc3ccccc3C2C(=O)C(F)(F)F)cc1. The van der Waals surface area contributed by atoms with Crippen molar-refractivity contribution in [3.05, 3.63) is 65.2 Å². The maximum atomic E-state index is 13.2. The van der Waals surface area contributed by atoms with Gasteiger partial charge in [-0.25, -0.2) is 0 Å². The van der Waals surface area contributed by atoms with Gasteiger partial charge in [-0.3, -0.25) is 9.59 Å². The molecule has 0 bridgehead atoms. The van der Waals surface area contributed by atoms with E-state index < -0.39 is 23.9 Å². The van der Waals surface area contributed by atoms with Crippen molar-refractivity contribution in [2.24, 2.45) is 0 Å². The first kappa shape index (κ1) is 18.0. The minimum atomic E-state index is -5.03. The number of carbonyl (C=O) groups is 2. The van der Waals surface area contributed by atoms with E-state index in [0.717, 1.165) is 4.90 Å². The van der Waals surface area contributed by atoms with Crippen molar-refractivity contribution in [3.63, 3.8) is 0 Å². The lowest BCUT2D eigenvalue weighted by molar-refractivity contribution is -0.176. The standard InChI is InChI=1S/C19H16F3NO3/c1-26-14-8-6-13(7-9-14)18(25)23-11-10-12-4-2-3-5-15(12)16(23)17(24)19(20,21)22/h2-9,16H,10-11H2,1H3. The van der Waals surface area contributed by atoms with Crippen molar-refractivity contribution in [2.75, 3.05) is 13.7 Å². The number of ether oxygens (including phenoxy) is 1. The van der Waals surface area contributed by atoms with Crippen molar-refractivity contribution >= 4 is 11.7 Å². The maximum Gasteiger partial charge on any atom is 0.452 e. The Morgan fingerprint density at radius 2 is 1.73 bits per heavy atom. The molecule has 0 N–H and O–H groups in total. The van der Waals surface area contributed by atoms with Gasteiger partial charge in [-0.1, -0.05) is 24.3 Å². The van der Waals surface area contributed by atoms with Gasteiger partial charge in [0.25, 0.3) is 11.7 Å². The molecule has 0 radical (unpaired) electrons. The minimum absolute atomic E-state index is 0.0361. The Morgan fingerprint density at radius 3 is 2.35 bits per heavy atom. The van der Waals surface area contributed by atoms with Crippen LogP contribution >= 0.6 is 0 Å². The summed E-state index contributed by atoms with van der Waals surface area (Å²) in [4.78, 5) is 25.9. The van der Waals surface area contributed by atoms with E-state index in [0.29, 0.717) is 17.7 Å². The molecule has 0 saturated carbocycles. The molecule has 1 unspecified atom stereocenters. The maximum absolute atomic E-state index is 13.2. The van der Waals surface area contributed by atoms with Gasteiger partial charge >= 0.3 is 6.18 Å². The predicted molar refractivity (Wildman–Crippen MR) is 88.0 cm³/mol. The first-order chi connectivity index (χ1) is 12.3. The molecule has 26 heavy (non-hydrogen) atoms. The summed E-state index contributed by atoms with van der Waals surface area (Å²) in [7, 11) is 1.47. The summed E-state index contributed by atoms with van der Waals surface area (Å²) in [6.45, 7) is 0.0361. The molecule has 2 aromatic rings. The van der Waals surface area contributed by atoms with Gasteiger partial charge in [0.1, 0.15) is 11.8 Å². The van der Waals surface area contributed by atoms with Crippen LogP contribution in [0.1, 0.15) is 27.5 Å². The van der Waals surface area contributed by atoms with E-state index in [4.69, 9.17) is 4.74 Å². The second-order valence-electron chi connectivity index (χ2n) is 5.94. The number of nitrogens with zero attached hydrogens (tertiary/aromatic N) is 1. The molecular weight excluding hydrogens is 347 g/mol. The molecule has 136 valence electrons. The summed E-state index contributed by atoms with van der Waals surface area (Å²) in [5.74, 6) is -2.04. The molecule has 0 aliphatic carbocycles. The minimum Gasteiger partial charge on any atom is -0.497 e. The van der Waals surface area contributed by atoms with Crippen LogP contribution in [0.25, 0.3) is 0 Å². The van der Waals surface area contributed by atoms with E-state index in [1.165, 1.54) is 25.3 Å². The summed E-state index contributed by atoms with van der Waals surface area (Å²) in [5.41, 5.74) is 1.07. The van der Waals surface area contributed by atoms with Crippen LogP contribution in [0.3, 0.4) is 0 Å². The molecule has 0 aromatic heterocycles. The van der Waals surface area contributed by atoms with Crippen LogP contribution in [0, 0.1) is 0 Å². The van der Waals surface area contributed by atoms with E-state index >= 15 is 0 Å². The van der Waals surface area contributed by atoms with Crippen LogP contribution in [0.5, 0.6) is 5.75 Å². The molecular formula is C19H16F3NO3. The average Bonchev–Trinajstić information content (AvgIpc) is 2.65. The highest BCUT2D eigenvalue weighted by Gasteiger charge is 2.49. The van der Waals surface area contributed by atoms with Crippen molar-refractivity contribution < 1.29 is 27.5 Å². The number of benzene rings is 2. The average molecular weight is 363 g/mol. The highest BCUT2D eigenvalue weighted by atomic mass is 19.4. The summed E-state index contributed by atoms with van der Waals surface area (Å²) in [6, 6.07) is 10.8. The van der Waals surface area contributed by atoms with Gasteiger partial charge in [0.15, 0.2) is 0 Å². The monoisotopic (exact) mass is 363 g/mol. The lowest BCUT2D eigenvalue weighted by Crippen LogP contribution is -2.47. The smallest absolute Gasteiger partial charge is 0.452 e. The molecule has 1 aliphatic rings. The number of fused-ring (bicyclic) bond motifs is 1. The molecule has 1 atom stereocenters. The molecule has 0 saturated heterocycles. The van der Waals surface area contributed by atoms with E-state index in [2.05, 4.69) is 0 Å². The molecule has 1 amide bonds. The zero-order valence-corrected chi connectivity index (χ0v) is 13.9. The second kappa shape index (κ2) is 6.82. The van der Waals surface area contributed by atoms with Gasteiger partial charge in [-0.15, -0.1) is 0 Å². The summed E-state index contributed by atoms with van der Waals surface area (Å²) in [5, 5.41) is 0. The molecule has 1 aliphatic heterocycles. The van der Waals surface area contributed by atoms with Crippen LogP contribution in [-0.4, -0.2) is 36.4 Å². The number of amides is 1. The third-order valence-corrected chi connectivity index (χ3v) is 4.41. The van der Waals surface area contributed by atoms with Gasteiger partial charge in [0.2, 0.25) is 0 Å². The van der Waals surface area contributed by atoms with Crippen molar-refractivity contribution in [1.82, 2.24) is 4.90 Å². The summed E-state index contributed by atoms with van der Waals surface area (Å²) >= 11 is 0. The quantitative estimate of drug-likeness (QED) is 0.838. The van der Waals surface area contributed by atoms with Crippen LogP contribution < -0.4 is 4.74 Å². The predicted octanol–water partition coefficient (Wildman–Crippen LogP) is 3.57. The number of Topliss-reactive ketones (excluding diaryl/α,β-unsaturated/α-hetero) is 1. The number of ketones is 1. The van der Waals surface area contributed by atoms with E-state index in [9.17, 15) is 22.8 Å². The zero-order chi connectivity index (χ0) is 18.9. The lowest BCUT2D eigenvalue weighted by Gasteiger charge is -2.36. The fraction of sp³-hybridized carbons (Fsp3) is 0.263. The van der Waals surface area contributed by atoms with Crippen LogP contribution in [-0.2, 0) is 11.2 Å². The normalized spacial score (nSPS) is 16.8. The number of halogens is 3. The topological polar surface area (TPSA) is 46.6 Å². The molecule has 1 heterocycles. The fourth-order valence-corrected chi connectivity index (χ4v) is 3.12. The second-order valence-corrected chi connectivity index (χ2v) is 5.94. The van der Waals surface area contributed by atoms with Crippen molar-refractivity contribution in [3.8, 4) is 5.75 Å². The Balaban J connectivity index is 2.01. The number of rotatable bonds is 3. The van der Waals surface area contributed by atoms with Gasteiger partial charge in [0.05, 0.1) is 7.11 Å². The van der Waals surface area contributed by atoms with Gasteiger partial charge in [-0.05, 0) is 41.8 Å². The number of methoxy groups -OCH3 is 1. The highest BCUT2D eigenvalue weighted by Crippen LogP contribution is 2.36. The van der Waals surface area contributed by atoms with E-state index in [1.54, 1.807) is 30.3 Å². The molecule has 0 spiro atoms. The Kier molecular flexibility index (Phi) is 4.71. The van der Waals surface area contributed by atoms with Crippen molar-refractivity contribution in [1.29, 1.82) is 0 Å². The zero-order valence-electron chi connectivity index (χ0n) is 13.9. The summed E-state index contributed by atoms with van der Waals surface area (Å²) in [6.07, 6.45) is -4.65. The molecule has 0 fully saturated rings. The molecule has 4 nitrogen and oxygen atoms in total. The number of carbonyl (C=O) groups excluding carboxylic acids is 2. The highest BCUT2D eigenvalue weighted by molar-refractivity contribution is 6.00. The van der Waals surface area contributed by atoms with Gasteiger partial charge in [-0.2, -0.15) is 13.2 Å². The third kappa shape index (κ3) is 3.29. The van der Waals surface area contributed by atoms with Gasteiger partial charge < -0.3 is 9.64 Å². The van der Waals surface area contributed by atoms with Crippen molar-refractivity contribution in [2.45, 2.75) is 18.6 Å². The first-order valence-corrected chi connectivity index (χ1v) is 7.97. The third-order valence-electron chi connectivity index (χ3n) is 4.41. The summed E-state index contributed by atoms with van der Waals surface area (Å²) < 4.78 is 44.5. The Hall–Kier alpha value is -2.83. The largest absolute Gasteiger partial charge is 0.497 e. The fourth-order valence-electron chi connectivity index (χ4n) is 3.12. The Bertz CT molecular complexity index is 831. The molecule has 3 rings (SSSR count). The van der Waals surface area contributed by atoms with E-state index in [1.807, 2.05) is 0 Å². The molecule has 7 heteroatoms.